The van der Waals surface area contributed by atoms with E-state index in [-0.39, 0.29) is 24.3 Å². The van der Waals surface area contributed by atoms with Crippen LogP contribution in [0.4, 0.5) is 0 Å². The number of amides is 1. The van der Waals surface area contributed by atoms with Gasteiger partial charge in [-0.2, -0.15) is 0 Å². The molecule has 1 aliphatic heterocycles. The molecule has 1 amide bonds. The van der Waals surface area contributed by atoms with Gasteiger partial charge in [0.15, 0.2) is 5.78 Å². The monoisotopic (exact) mass is 249 g/mol. The van der Waals surface area contributed by atoms with E-state index in [1.807, 2.05) is 24.8 Å². The molecule has 5 heteroatoms. The summed E-state index contributed by atoms with van der Waals surface area (Å²) < 4.78 is 0. The Bertz CT molecular complexity index is 479. The molecule has 1 aliphatic rings. The van der Waals surface area contributed by atoms with E-state index < -0.39 is 0 Å². The molecular weight excluding hydrogens is 230 g/mol. The van der Waals surface area contributed by atoms with E-state index in [4.69, 9.17) is 5.73 Å². The van der Waals surface area contributed by atoms with Gasteiger partial charge in [-0.15, -0.1) is 0 Å². The Morgan fingerprint density at radius 1 is 1.50 bits per heavy atom. The predicted octanol–water partition coefficient (Wildman–Crippen LogP) is 0.764. The lowest BCUT2D eigenvalue weighted by molar-refractivity contribution is -0.122. The number of aromatic amines is 1. The summed E-state index contributed by atoms with van der Waals surface area (Å²) >= 11 is 0. The molecule has 1 aromatic rings. The van der Waals surface area contributed by atoms with Crippen LogP contribution in [-0.4, -0.2) is 40.7 Å². The minimum Gasteiger partial charge on any atom is -0.368 e. The molecule has 2 heterocycles. The third-order valence-corrected chi connectivity index (χ3v) is 3.49. The summed E-state index contributed by atoms with van der Waals surface area (Å²) in [5.74, 6) is -0.285. The Morgan fingerprint density at radius 3 is 2.78 bits per heavy atom. The van der Waals surface area contributed by atoms with Crippen LogP contribution in [0.5, 0.6) is 0 Å². The number of nitrogens with zero attached hydrogens (tertiary/aromatic N) is 1. The van der Waals surface area contributed by atoms with Crippen LogP contribution >= 0.6 is 0 Å². The van der Waals surface area contributed by atoms with Gasteiger partial charge in [-0.05, 0) is 39.3 Å². The highest BCUT2D eigenvalue weighted by atomic mass is 16.1. The van der Waals surface area contributed by atoms with Crippen molar-refractivity contribution in [1.29, 1.82) is 0 Å². The molecule has 1 atom stereocenters. The van der Waals surface area contributed by atoms with E-state index in [0.717, 1.165) is 30.8 Å². The van der Waals surface area contributed by atoms with Crippen molar-refractivity contribution in [3.63, 3.8) is 0 Å². The van der Waals surface area contributed by atoms with Crippen LogP contribution in [0.25, 0.3) is 0 Å². The van der Waals surface area contributed by atoms with Gasteiger partial charge in [-0.1, -0.05) is 0 Å². The van der Waals surface area contributed by atoms with Gasteiger partial charge in [-0.3, -0.25) is 14.5 Å². The fraction of sp³-hybridized carbons (Fsp3) is 0.538. The zero-order valence-electron chi connectivity index (χ0n) is 10.8. The molecule has 1 aromatic heterocycles. The third-order valence-electron chi connectivity index (χ3n) is 3.49. The molecule has 1 saturated heterocycles. The fourth-order valence-electron chi connectivity index (χ4n) is 2.62. The maximum Gasteiger partial charge on any atom is 0.234 e. The summed E-state index contributed by atoms with van der Waals surface area (Å²) in [4.78, 5) is 28.5. The second kappa shape index (κ2) is 4.94. The number of ketones is 1. The van der Waals surface area contributed by atoms with Gasteiger partial charge in [0, 0.05) is 17.0 Å². The highest BCUT2D eigenvalue weighted by molar-refractivity contribution is 5.99. The number of carbonyl (C=O) groups is 2. The lowest BCUT2D eigenvalue weighted by Crippen LogP contribution is -2.42. The quantitative estimate of drug-likeness (QED) is 0.773. The number of nitrogens with two attached hydrogens (primary N) is 1. The van der Waals surface area contributed by atoms with Crippen LogP contribution in [0.3, 0.4) is 0 Å². The number of aryl methyl sites for hydroxylation is 2. The summed E-state index contributed by atoms with van der Waals surface area (Å²) in [6, 6.07) is 1.57. The molecule has 3 N–H and O–H groups in total. The third kappa shape index (κ3) is 2.46. The molecule has 98 valence electrons. The van der Waals surface area contributed by atoms with E-state index in [0.29, 0.717) is 5.56 Å². The number of H-pyrrole nitrogens is 1. The van der Waals surface area contributed by atoms with Gasteiger partial charge in [0.25, 0.3) is 0 Å². The van der Waals surface area contributed by atoms with Gasteiger partial charge in [0.1, 0.15) is 0 Å². The molecule has 0 aromatic carbocycles. The molecule has 0 bridgehead atoms. The van der Waals surface area contributed by atoms with E-state index >= 15 is 0 Å². The molecular formula is C13H19N3O2. The number of primary amides is 1. The molecule has 0 spiro atoms. The van der Waals surface area contributed by atoms with Gasteiger partial charge in [0.05, 0.1) is 12.6 Å². The zero-order valence-corrected chi connectivity index (χ0v) is 10.8. The molecule has 5 nitrogen and oxygen atoms in total. The highest BCUT2D eigenvalue weighted by Gasteiger charge is 2.30. The van der Waals surface area contributed by atoms with Gasteiger partial charge in [-0.25, -0.2) is 0 Å². The second-order valence-corrected chi connectivity index (χ2v) is 4.95. The van der Waals surface area contributed by atoms with Crippen molar-refractivity contribution in [2.75, 3.05) is 13.1 Å². The van der Waals surface area contributed by atoms with Gasteiger partial charge < -0.3 is 10.7 Å². The average molecular weight is 249 g/mol. The Labute approximate surface area is 106 Å². The van der Waals surface area contributed by atoms with Crippen molar-refractivity contribution < 1.29 is 9.59 Å². The minimum absolute atomic E-state index is 0.0463. The Kier molecular flexibility index (Phi) is 3.52. The maximum absolute atomic E-state index is 12.2. The lowest BCUT2D eigenvalue weighted by Gasteiger charge is -2.20. The number of hydrogen-bond acceptors (Lipinski definition) is 3. The molecule has 2 rings (SSSR count). The van der Waals surface area contributed by atoms with Crippen LogP contribution < -0.4 is 5.73 Å². The summed E-state index contributed by atoms with van der Waals surface area (Å²) in [6.07, 6.45) is 1.68. The number of rotatable bonds is 4. The van der Waals surface area contributed by atoms with Crippen LogP contribution in [-0.2, 0) is 4.79 Å². The van der Waals surface area contributed by atoms with E-state index in [9.17, 15) is 9.59 Å². The molecule has 18 heavy (non-hydrogen) atoms. The van der Waals surface area contributed by atoms with E-state index in [1.54, 1.807) is 0 Å². The van der Waals surface area contributed by atoms with Crippen LogP contribution in [0.1, 0.15) is 34.6 Å². The van der Waals surface area contributed by atoms with Crippen LogP contribution in [0, 0.1) is 13.8 Å². The predicted molar refractivity (Wildman–Crippen MR) is 68.4 cm³/mol. The molecule has 1 unspecified atom stereocenters. The maximum atomic E-state index is 12.2. The first-order valence-corrected chi connectivity index (χ1v) is 6.22. The summed E-state index contributed by atoms with van der Waals surface area (Å²) in [7, 11) is 0. The summed E-state index contributed by atoms with van der Waals surface area (Å²) in [6.45, 7) is 4.84. The summed E-state index contributed by atoms with van der Waals surface area (Å²) in [5, 5.41) is 0. The molecule has 0 saturated carbocycles. The zero-order chi connectivity index (χ0) is 13.3. The smallest absolute Gasteiger partial charge is 0.234 e. The second-order valence-electron chi connectivity index (χ2n) is 4.95. The molecule has 1 fully saturated rings. The Morgan fingerprint density at radius 2 is 2.22 bits per heavy atom. The van der Waals surface area contributed by atoms with Crippen molar-refractivity contribution in [2.24, 2.45) is 5.73 Å². The highest BCUT2D eigenvalue weighted by Crippen LogP contribution is 2.18. The fourth-order valence-corrected chi connectivity index (χ4v) is 2.62. The number of hydrogen-bond donors (Lipinski definition) is 2. The van der Waals surface area contributed by atoms with Crippen molar-refractivity contribution in [2.45, 2.75) is 32.7 Å². The first kappa shape index (κ1) is 12.8. The standard InChI is InChI=1S/C13H19N3O2/c1-8-6-10(9(2)15-8)12(17)7-16-5-3-4-11(16)13(14)18/h6,11,15H,3-5,7H2,1-2H3,(H2,14,18). The lowest BCUT2D eigenvalue weighted by atomic mass is 10.1. The number of Topliss-reactive ketones (excluding diaryl/α,β-unsaturated/α-hetero) is 1. The largest absolute Gasteiger partial charge is 0.368 e. The number of aromatic nitrogens is 1. The van der Waals surface area contributed by atoms with E-state index in [1.165, 1.54) is 0 Å². The molecule has 0 aliphatic carbocycles. The number of nitrogens with one attached hydrogen (secondary N) is 1. The Hall–Kier alpha value is -1.62. The van der Waals surface area contributed by atoms with E-state index in [2.05, 4.69) is 4.98 Å². The first-order chi connectivity index (χ1) is 8.49. The van der Waals surface area contributed by atoms with Gasteiger partial charge >= 0.3 is 0 Å². The molecule has 0 radical (unpaired) electrons. The van der Waals surface area contributed by atoms with Crippen molar-refractivity contribution >= 4 is 11.7 Å². The van der Waals surface area contributed by atoms with Crippen molar-refractivity contribution in [3.05, 3.63) is 23.0 Å². The summed E-state index contributed by atoms with van der Waals surface area (Å²) in [5.41, 5.74) is 7.91. The Balaban J connectivity index is 2.07. The first-order valence-electron chi connectivity index (χ1n) is 6.22. The average Bonchev–Trinajstić information content (AvgIpc) is 2.85. The topological polar surface area (TPSA) is 79.2 Å². The minimum atomic E-state index is -0.331. The van der Waals surface area contributed by atoms with Gasteiger partial charge in [0.2, 0.25) is 5.91 Å². The SMILES string of the molecule is Cc1cc(C(=O)CN2CCCC2C(N)=O)c(C)[nH]1. The number of likely N-dealkylation sites (tertiary alicyclic amines) is 1. The van der Waals surface area contributed by atoms with Crippen molar-refractivity contribution in [1.82, 2.24) is 9.88 Å². The van der Waals surface area contributed by atoms with Crippen LogP contribution in [0.15, 0.2) is 6.07 Å². The van der Waals surface area contributed by atoms with Crippen molar-refractivity contribution in [3.8, 4) is 0 Å². The van der Waals surface area contributed by atoms with Crippen LogP contribution in [0.2, 0.25) is 0 Å². The number of carbonyl (C=O) groups excluding carboxylic acids is 2. The normalized spacial score (nSPS) is 20.2.